The van der Waals surface area contributed by atoms with E-state index in [0.717, 1.165) is 31.1 Å². The minimum atomic E-state index is -2.70. The van der Waals surface area contributed by atoms with Gasteiger partial charge in [-0.3, -0.25) is 4.90 Å². The number of alkyl halides is 2. The predicted octanol–water partition coefficient (Wildman–Crippen LogP) is 7.32. The lowest BCUT2D eigenvalue weighted by atomic mass is 10.1. The van der Waals surface area contributed by atoms with Gasteiger partial charge in [-0.05, 0) is 63.2 Å². The second-order valence-corrected chi connectivity index (χ2v) is 12.6. The van der Waals surface area contributed by atoms with E-state index in [1.165, 1.54) is 87.7 Å². The Morgan fingerprint density at radius 3 is 2.28 bits per heavy atom. The van der Waals surface area contributed by atoms with Crippen LogP contribution in [0.1, 0.15) is 119 Å². The number of hydrogen-bond acceptors (Lipinski definition) is 8. The fraction of sp³-hybridized carbons (Fsp3) is 0.750. The summed E-state index contributed by atoms with van der Waals surface area (Å²) in [5.74, 6) is -0.818. The van der Waals surface area contributed by atoms with Crippen molar-refractivity contribution in [1.29, 1.82) is 0 Å². The molecule has 5 rings (SSSR count). The van der Waals surface area contributed by atoms with Crippen LogP contribution in [0.3, 0.4) is 0 Å². The molecule has 9 nitrogen and oxygen atoms in total. The van der Waals surface area contributed by atoms with Crippen LogP contribution in [-0.4, -0.2) is 70.3 Å². The molecule has 1 saturated heterocycles. The monoisotopic (exact) mass is 605 g/mol. The third kappa shape index (κ3) is 11.0. The molecule has 2 saturated carbocycles. The summed E-state index contributed by atoms with van der Waals surface area (Å²) >= 11 is 0. The average molecular weight is 606 g/mol. The molecule has 2 aromatic rings. The zero-order valence-corrected chi connectivity index (χ0v) is 26.1. The maximum absolute atomic E-state index is 12.9. The maximum atomic E-state index is 12.9. The van der Waals surface area contributed by atoms with Gasteiger partial charge in [0.05, 0.1) is 25.7 Å². The van der Waals surface area contributed by atoms with Gasteiger partial charge in [0, 0.05) is 6.92 Å². The molecule has 0 bridgehead atoms. The largest absolute Gasteiger partial charge is 0.477 e. The molecule has 11 heteroatoms. The average Bonchev–Trinajstić information content (AvgIpc) is 3.90. The molecule has 3 aliphatic rings. The highest BCUT2D eigenvalue weighted by Crippen LogP contribution is 2.39. The first-order valence-electron chi connectivity index (χ1n) is 16.2. The number of pyridine rings is 1. The number of unbranched alkanes of at least 4 members (excludes halogenated alkanes) is 7. The van der Waals surface area contributed by atoms with E-state index < -0.39 is 11.9 Å². The van der Waals surface area contributed by atoms with Crippen LogP contribution in [0.25, 0.3) is 0 Å². The summed E-state index contributed by atoms with van der Waals surface area (Å²) in [7, 11) is 2.22. The molecule has 2 aromatic heterocycles. The number of aryl methyl sites for hydroxylation is 1. The van der Waals surface area contributed by atoms with Gasteiger partial charge in [0.25, 0.3) is 5.92 Å². The molecule has 0 aromatic carbocycles. The number of aromatic carboxylic acids is 1. The molecule has 1 N–H and O–H groups in total. The third-order valence-corrected chi connectivity index (χ3v) is 8.39. The van der Waals surface area contributed by atoms with Crippen LogP contribution in [0, 0.1) is 18.8 Å². The van der Waals surface area contributed by atoms with Crippen LogP contribution in [-0.2, 0) is 0 Å². The van der Waals surface area contributed by atoms with Crippen molar-refractivity contribution < 1.29 is 27.9 Å². The Kier molecular flexibility index (Phi) is 12.1. The van der Waals surface area contributed by atoms with Gasteiger partial charge in [0.2, 0.25) is 11.8 Å². The van der Waals surface area contributed by atoms with E-state index in [0.29, 0.717) is 30.1 Å². The first kappa shape index (κ1) is 33.1. The Bertz CT molecular complexity index is 1150. The maximum Gasteiger partial charge on any atom is 0.354 e. The Labute approximate surface area is 254 Å². The molecule has 0 spiro atoms. The zero-order chi connectivity index (χ0) is 30.8. The van der Waals surface area contributed by atoms with Gasteiger partial charge in [-0.1, -0.05) is 69.9 Å². The number of halogens is 2. The highest BCUT2D eigenvalue weighted by atomic mass is 19.3. The van der Waals surface area contributed by atoms with E-state index in [1.54, 1.807) is 0 Å². The predicted molar refractivity (Wildman–Crippen MR) is 161 cm³/mol. The molecular formula is C32H49F2N5O4. The number of carboxylic acid groups (broad SMARTS) is 1. The second-order valence-electron chi connectivity index (χ2n) is 12.6. The smallest absolute Gasteiger partial charge is 0.354 e. The van der Waals surface area contributed by atoms with Crippen LogP contribution in [0.2, 0.25) is 0 Å². The minimum Gasteiger partial charge on any atom is -0.477 e. The first-order chi connectivity index (χ1) is 20.6. The molecular weight excluding hydrogens is 556 g/mol. The number of hydrogen-bond donors (Lipinski definition) is 1. The minimum absolute atomic E-state index is 0.132. The molecule has 0 unspecified atom stereocenters. The first-order valence-corrected chi connectivity index (χ1v) is 16.2. The Morgan fingerprint density at radius 1 is 1.07 bits per heavy atom. The topological polar surface area (TPSA) is 105 Å². The van der Waals surface area contributed by atoms with Gasteiger partial charge >= 0.3 is 5.97 Å². The number of ether oxygens (including phenoxy) is 1. The Morgan fingerprint density at radius 2 is 1.72 bits per heavy atom. The second kappa shape index (κ2) is 15.8. The van der Waals surface area contributed by atoms with Crippen LogP contribution < -0.4 is 9.64 Å². The quantitative estimate of drug-likeness (QED) is 0.175. The fourth-order valence-electron chi connectivity index (χ4n) is 5.32. The van der Waals surface area contributed by atoms with Gasteiger partial charge in [-0.2, -0.15) is 4.98 Å². The van der Waals surface area contributed by atoms with Gasteiger partial charge in [0.1, 0.15) is 5.69 Å². The summed E-state index contributed by atoms with van der Waals surface area (Å²) in [5.41, 5.74) is 0.286. The van der Waals surface area contributed by atoms with Crippen molar-refractivity contribution in [3.63, 3.8) is 0 Å². The summed E-state index contributed by atoms with van der Waals surface area (Å²) in [4.78, 5) is 23.2. The van der Waals surface area contributed by atoms with Crippen molar-refractivity contribution in [2.75, 3.05) is 38.2 Å². The van der Waals surface area contributed by atoms with Crippen molar-refractivity contribution in [1.82, 2.24) is 20.0 Å². The number of aromatic nitrogens is 3. The summed E-state index contributed by atoms with van der Waals surface area (Å²) < 4.78 is 36.6. The van der Waals surface area contributed by atoms with Crippen LogP contribution >= 0.6 is 0 Å². The SMILES string of the molecule is CCCCCCCCCCN(C)[C@@H](CC1CC1)c1noc(C)n1.O=C(O)c1ccc(N2CC(F)(F)C2)c(OCC2CC2)n1. The number of nitrogens with zero attached hydrogens (tertiary/aromatic N) is 5. The van der Waals surface area contributed by atoms with Gasteiger partial charge in [-0.15, -0.1) is 0 Å². The molecule has 1 aliphatic heterocycles. The Hall–Kier alpha value is -2.82. The van der Waals surface area contributed by atoms with Gasteiger partial charge in [0.15, 0.2) is 11.5 Å². The van der Waals surface area contributed by atoms with E-state index in [2.05, 4.69) is 34.0 Å². The molecule has 0 amide bonds. The van der Waals surface area contributed by atoms with E-state index in [1.807, 2.05) is 6.92 Å². The molecule has 0 radical (unpaired) electrons. The van der Waals surface area contributed by atoms with Crippen LogP contribution in [0.15, 0.2) is 16.7 Å². The highest BCUT2D eigenvalue weighted by Gasteiger charge is 2.45. The normalized spacial score (nSPS) is 18.1. The molecule has 2 aliphatic carbocycles. The number of anilines is 1. The van der Waals surface area contributed by atoms with Crippen LogP contribution in [0.4, 0.5) is 14.5 Å². The van der Waals surface area contributed by atoms with E-state index in [-0.39, 0.29) is 24.7 Å². The van der Waals surface area contributed by atoms with Crippen LogP contribution in [0.5, 0.6) is 5.88 Å². The zero-order valence-electron chi connectivity index (χ0n) is 26.1. The molecule has 3 fully saturated rings. The summed E-state index contributed by atoms with van der Waals surface area (Å²) in [6, 6.07) is 3.12. The third-order valence-electron chi connectivity index (χ3n) is 8.39. The molecule has 43 heavy (non-hydrogen) atoms. The number of carbonyl (C=O) groups is 1. The van der Waals surface area contributed by atoms with E-state index in [9.17, 15) is 13.6 Å². The summed E-state index contributed by atoms with van der Waals surface area (Å²) in [6.45, 7) is 4.97. The lowest BCUT2D eigenvalue weighted by Gasteiger charge is -2.40. The lowest BCUT2D eigenvalue weighted by Crippen LogP contribution is -2.56. The summed E-state index contributed by atoms with van der Waals surface area (Å²) in [6.07, 6.45) is 17.1. The molecule has 240 valence electrons. The standard InChI is InChI=1S/C19H35N3O.C13H14F2N2O3/c1-4-5-6-7-8-9-10-11-14-22(3)18(15-17-12-13-17)19-20-16(2)23-21-19;14-13(15)6-17(7-13)10-4-3-9(12(18)19)16-11(10)20-5-8-1-2-8/h17-18H,4-15H2,1-3H3;3-4,8H,1-2,5-7H2,(H,18,19)/t18-;/m0./s1. The summed E-state index contributed by atoms with van der Waals surface area (Å²) in [5, 5.41) is 13.1. The van der Waals surface area contributed by atoms with E-state index >= 15 is 0 Å². The van der Waals surface area contributed by atoms with Crippen molar-refractivity contribution in [2.24, 2.45) is 11.8 Å². The lowest BCUT2D eigenvalue weighted by molar-refractivity contribution is -0.0265. The fourth-order valence-corrected chi connectivity index (χ4v) is 5.32. The van der Waals surface area contributed by atoms with Gasteiger partial charge < -0.3 is 19.3 Å². The number of carboxylic acids is 1. The van der Waals surface area contributed by atoms with Crippen molar-refractivity contribution in [3.05, 3.63) is 29.5 Å². The van der Waals surface area contributed by atoms with E-state index in [4.69, 9.17) is 14.4 Å². The molecule has 1 atom stereocenters. The van der Waals surface area contributed by atoms with Crippen molar-refractivity contribution >= 4 is 11.7 Å². The van der Waals surface area contributed by atoms with Gasteiger partial charge in [-0.25, -0.2) is 18.6 Å². The number of rotatable bonds is 18. The molecule has 3 heterocycles. The Balaban J connectivity index is 0.000000198. The van der Waals surface area contributed by atoms with Crippen molar-refractivity contribution in [3.8, 4) is 5.88 Å². The highest BCUT2D eigenvalue weighted by molar-refractivity contribution is 5.86. The van der Waals surface area contributed by atoms with Crippen molar-refractivity contribution in [2.45, 2.75) is 109 Å².